The lowest BCUT2D eigenvalue weighted by atomic mass is 10.3. The number of aromatic amines is 1. The first-order valence-corrected chi connectivity index (χ1v) is 5.12. The van der Waals surface area contributed by atoms with Crippen molar-refractivity contribution in [2.75, 3.05) is 0 Å². The highest BCUT2D eigenvalue weighted by atomic mass is 79.9. The molecule has 16 heavy (non-hydrogen) atoms. The van der Waals surface area contributed by atoms with E-state index in [0.29, 0.717) is 10.2 Å². The largest absolute Gasteiger partial charge is 0.438 e. The van der Waals surface area contributed by atoms with Gasteiger partial charge >= 0.3 is 0 Å². The van der Waals surface area contributed by atoms with Crippen molar-refractivity contribution in [3.8, 4) is 11.6 Å². The summed E-state index contributed by atoms with van der Waals surface area (Å²) in [5.74, 6) is 0.161. The molecule has 6 heteroatoms. The zero-order chi connectivity index (χ0) is 11.5. The molecule has 0 fully saturated rings. The first-order valence-electron chi connectivity index (χ1n) is 4.33. The monoisotopic (exact) mass is 284 g/mol. The van der Waals surface area contributed by atoms with Crippen LogP contribution in [0, 0.1) is 5.82 Å². The van der Waals surface area contributed by atoms with Gasteiger partial charge in [0.1, 0.15) is 11.6 Å². The highest BCUT2D eigenvalue weighted by molar-refractivity contribution is 9.10. The predicted octanol–water partition coefficient (Wildman–Crippen LogP) is 2.46. The van der Waals surface area contributed by atoms with Crippen LogP contribution in [0.25, 0.3) is 0 Å². The molecule has 0 bridgehead atoms. The molecule has 0 spiro atoms. The van der Waals surface area contributed by atoms with E-state index in [0.717, 1.165) is 0 Å². The number of ether oxygens (including phenoxy) is 1. The van der Waals surface area contributed by atoms with Gasteiger partial charge in [-0.1, -0.05) is 0 Å². The highest BCUT2D eigenvalue weighted by Crippen LogP contribution is 2.28. The average Bonchev–Trinajstić information content (AvgIpc) is 2.22. The van der Waals surface area contributed by atoms with E-state index in [1.54, 1.807) is 0 Å². The number of H-pyrrole nitrogens is 1. The van der Waals surface area contributed by atoms with Gasteiger partial charge in [-0.3, -0.25) is 4.79 Å². The fourth-order valence-electron chi connectivity index (χ4n) is 1.08. The molecule has 0 atom stereocenters. The van der Waals surface area contributed by atoms with Gasteiger partial charge in [-0.25, -0.2) is 9.37 Å². The molecule has 0 saturated heterocycles. The summed E-state index contributed by atoms with van der Waals surface area (Å²) >= 11 is 3.14. The van der Waals surface area contributed by atoms with Crippen LogP contribution < -0.4 is 10.3 Å². The Morgan fingerprint density at radius 3 is 2.88 bits per heavy atom. The van der Waals surface area contributed by atoms with Crippen molar-refractivity contribution >= 4 is 15.9 Å². The summed E-state index contributed by atoms with van der Waals surface area (Å²) in [4.78, 5) is 17.1. The number of nitrogens with zero attached hydrogens (tertiary/aromatic N) is 1. The molecule has 0 radical (unpaired) electrons. The molecule has 1 N–H and O–H groups in total. The molecule has 0 aliphatic heterocycles. The van der Waals surface area contributed by atoms with E-state index in [9.17, 15) is 9.18 Å². The minimum Gasteiger partial charge on any atom is -0.438 e. The maximum atomic E-state index is 12.8. The van der Waals surface area contributed by atoms with E-state index >= 15 is 0 Å². The number of hydrogen-bond donors (Lipinski definition) is 1. The zero-order valence-electron chi connectivity index (χ0n) is 7.91. The predicted molar refractivity (Wildman–Crippen MR) is 59.0 cm³/mol. The van der Waals surface area contributed by atoms with Crippen LogP contribution in [0.5, 0.6) is 11.6 Å². The first kappa shape index (κ1) is 10.8. The fourth-order valence-corrected chi connectivity index (χ4v) is 1.51. The van der Waals surface area contributed by atoms with Crippen molar-refractivity contribution in [1.29, 1.82) is 0 Å². The zero-order valence-corrected chi connectivity index (χ0v) is 9.49. The summed E-state index contributed by atoms with van der Waals surface area (Å²) in [5.41, 5.74) is -0.316. The van der Waals surface area contributed by atoms with Crippen molar-refractivity contribution < 1.29 is 9.13 Å². The second kappa shape index (κ2) is 4.44. The Balaban J connectivity index is 2.30. The van der Waals surface area contributed by atoms with Crippen LogP contribution in [0.15, 0.2) is 39.9 Å². The molecule has 0 unspecified atom stereocenters. The Morgan fingerprint density at radius 2 is 2.19 bits per heavy atom. The SMILES string of the molecule is O=c1cc(Oc2ccc(F)cc2Br)nc[nH]1. The van der Waals surface area contributed by atoms with Gasteiger partial charge in [0.15, 0.2) is 0 Å². The minimum absolute atomic E-state index is 0.149. The molecular formula is C10H6BrFN2O2. The second-order valence-corrected chi connectivity index (χ2v) is 3.78. The van der Waals surface area contributed by atoms with Gasteiger partial charge in [0.2, 0.25) is 5.88 Å². The summed E-state index contributed by atoms with van der Waals surface area (Å²) < 4.78 is 18.5. The van der Waals surface area contributed by atoms with Gasteiger partial charge in [0.25, 0.3) is 5.56 Å². The third kappa shape index (κ3) is 2.46. The van der Waals surface area contributed by atoms with Crippen molar-refractivity contribution in [1.82, 2.24) is 9.97 Å². The van der Waals surface area contributed by atoms with E-state index in [2.05, 4.69) is 25.9 Å². The van der Waals surface area contributed by atoms with Crippen LogP contribution in [-0.4, -0.2) is 9.97 Å². The van der Waals surface area contributed by atoms with Gasteiger partial charge in [0.05, 0.1) is 16.9 Å². The van der Waals surface area contributed by atoms with Gasteiger partial charge in [-0.15, -0.1) is 0 Å². The normalized spacial score (nSPS) is 10.1. The van der Waals surface area contributed by atoms with E-state index in [-0.39, 0.29) is 17.3 Å². The summed E-state index contributed by atoms with van der Waals surface area (Å²) in [6.45, 7) is 0. The number of rotatable bonds is 2. The third-order valence-electron chi connectivity index (χ3n) is 1.76. The Labute approximate surface area is 98.2 Å². The van der Waals surface area contributed by atoms with Crippen LogP contribution in [-0.2, 0) is 0 Å². The number of aromatic nitrogens is 2. The molecule has 0 amide bonds. The Kier molecular flexibility index (Phi) is 3.00. The second-order valence-electron chi connectivity index (χ2n) is 2.93. The van der Waals surface area contributed by atoms with Crippen molar-refractivity contribution in [2.24, 2.45) is 0 Å². The summed E-state index contributed by atoms with van der Waals surface area (Å²) in [6.07, 6.45) is 1.23. The maximum Gasteiger partial charge on any atom is 0.254 e. The van der Waals surface area contributed by atoms with Gasteiger partial charge in [-0.2, -0.15) is 0 Å². The summed E-state index contributed by atoms with van der Waals surface area (Å²) in [6, 6.07) is 5.17. The first-order chi connectivity index (χ1) is 7.65. The van der Waals surface area contributed by atoms with Gasteiger partial charge in [0, 0.05) is 0 Å². The molecule has 0 aliphatic rings. The number of hydrogen-bond acceptors (Lipinski definition) is 3. The Bertz CT molecular complexity index is 571. The third-order valence-corrected chi connectivity index (χ3v) is 2.38. The number of nitrogens with one attached hydrogen (secondary N) is 1. The number of halogens is 2. The average molecular weight is 285 g/mol. The van der Waals surface area contributed by atoms with Crippen molar-refractivity contribution in [3.63, 3.8) is 0 Å². The minimum atomic E-state index is -0.377. The van der Waals surface area contributed by atoms with Crippen molar-refractivity contribution in [2.45, 2.75) is 0 Å². The topological polar surface area (TPSA) is 55.0 Å². The summed E-state index contributed by atoms with van der Waals surface area (Å²) in [7, 11) is 0. The summed E-state index contributed by atoms with van der Waals surface area (Å²) in [5, 5.41) is 0. The van der Waals surface area contributed by atoms with Crippen LogP contribution >= 0.6 is 15.9 Å². The molecule has 1 aromatic heterocycles. The molecule has 0 saturated carbocycles. The molecule has 0 aliphatic carbocycles. The number of benzene rings is 1. The van der Waals surface area contributed by atoms with Gasteiger partial charge < -0.3 is 9.72 Å². The van der Waals surface area contributed by atoms with Crippen LogP contribution in [0.4, 0.5) is 4.39 Å². The molecule has 2 aromatic rings. The lowest BCUT2D eigenvalue weighted by Crippen LogP contribution is -2.04. The van der Waals surface area contributed by atoms with Crippen LogP contribution in [0.1, 0.15) is 0 Å². The standard InChI is InChI=1S/C10H6BrFN2O2/c11-7-3-6(12)1-2-8(7)16-10-4-9(15)13-5-14-10/h1-5H,(H,13,14,15). The van der Waals surface area contributed by atoms with E-state index < -0.39 is 0 Å². The quantitative estimate of drug-likeness (QED) is 0.922. The molecule has 1 heterocycles. The lowest BCUT2D eigenvalue weighted by molar-refractivity contribution is 0.456. The maximum absolute atomic E-state index is 12.8. The van der Waals surface area contributed by atoms with E-state index in [4.69, 9.17) is 4.74 Å². The Morgan fingerprint density at radius 1 is 1.38 bits per heavy atom. The van der Waals surface area contributed by atoms with E-state index in [1.807, 2.05) is 0 Å². The molecule has 1 aromatic carbocycles. The molecular weight excluding hydrogens is 279 g/mol. The Hall–Kier alpha value is -1.69. The van der Waals surface area contributed by atoms with Crippen LogP contribution in [0.2, 0.25) is 0 Å². The smallest absolute Gasteiger partial charge is 0.254 e. The van der Waals surface area contributed by atoms with Crippen molar-refractivity contribution in [3.05, 3.63) is 51.2 Å². The lowest BCUT2D eigenvalue weighted by Gasteiger charge is -2.05. The molecule has 4 nitrogen and oxygen atoms in total. The highest BCUT2D eigenvalue weighted by Gasteiger charge is 2.05. The van der Waals surface area contributed by atoms with Crippen LogP contribution in [0.3, 0.4) is 0 Å². The fraction of sp³-hybridized carbons (Fsp3) is 0. The molecule has 2 rings (SSSR count). The van der Waals surface area contributed by atoms with E-state index in [1.165, 1.54) is 30.6 Å². The van der Waals surface area contributed by atoms with Gasteiger partial charge in [-0.05, 0) is 34.1 Å². The molecule has 82 valence electrons.